The molecule has 1 aromatic heterocycles. The number of aromatic nitrogens is 1. The van der Waals surface area contributed by atoms with Crippen LogP contribution in [0.15, 0.2) is 30.5 Å². The van der Waals surface area contributed by atoms with Gasteiger partial charge in [-0.05, 0) is 29.1 Å². The molecular weight excluding hydrogens is 186 g/mol. The van der Waals surface area contributed by atoms with Crippen molar-refractivity contribution in [1.82, 2.24) is 4.98 Å². The molecule has 2 aromatic rings. The lowest BCUT2D eigenvalue weighted by Gasteiger charge is -2.10. The maximum absolute atomic E-state index is 12.3. The summed E-state index contributed by atoms with van der Waals surface area (Å²) < 4.78 is 24.6. The molecule has 0 saturated carbocycles. The van der Waals surface area contributed by atoms with Crippen LogP contribution in [0.3, 0.4) is 0 Å². The summed E-state index contributed by atoms with van der Waals surface area (Å²) in [5, 5.41) is 0.901. The molecule has 0 unspecified atom stereocenters. The summed E-state index contributed by atoms with van der Waals surface area (Å²) in [6.45, 7) is 0. The van der Waals surface area contributed by atoms with Crippen molar-refractivity contribution in [2.24, 2.45) is 5.73 Å². The summed E-state index contributed by atoms with van der Waals surface area (Å²) in [6.07, 6.45) is -0.756. The summed E-state index contributed by atoms with van der Waals surface area (Å²) in [4.78, 5) is 2.99. The second kappa shape index (κ2) is 3.38. The van der Waals surface area contributed by atoms with Gasteiger partial charge in [-0.25, -0.2) is 8.78 Å². The number of aromatic amines is 1. The Balaban J connectivity index is 2.43. The van der Waals surface area contributed by atoms with Crippen molar-refractivity contribution in [2.45, 2.75) is 12.5 Å². The predicted molar refractivity (Wildman–Crippen MR) is 51.2 cm³/mol. The summed E-state index contributed by atoms with van der Waals surface area (Å²) >= 11 is 0. The van der Waals surface area contributed by atoms with Crippen LogP contribution in [0, 0.1) is 0 Å². The largest absolute Gasteiger partial charge is 0.361 e. The highest BCUT2D eigenvalue weighted by Crippen LogP contribution is 2.22. The van der Waals surface area contributed by atoms with Gasteiger partial charge in [-0.1, -0.05) is 6.07 Å². The highest BCUT2D eigenvalue weighted by Gasteiger charge is 2.17. The first kappa shape index (κ1) is 9.15. The summed E-state index contributed by atoms with van der Waals surface area (Å²) in [5.74, 6) is 0. The summed E-state index contributed by atoms with van der Waals surface area (Å²) in [5.41, 5.74) is 6.73. The number of alkyl halides is 2. The molecule has 0 saturated heterocycles. The molecule has 3 N–H and O–H groups in total. The van der Waals surface area contributed by atoms with Crippen LogP contribution in [0.25, 0.3) is 10.9 Å². The SMILES string of the molecule is N[C@@H](c1ccc2[nH]ccc2c1)C(F)F. The molecule has 0 aliphatic carbocycles. The first-order chi connectivity index (χ1) is 6.68. The Kier molecular flexibility index (Phi) is 2.21. The average molecular weight is 196 g/mol. The van der Waals surface area contributed by atoms with Crippen molar-refractivity contribution in [1.29, 1.82) is 0 Å². The van der Waals surface area contributed by atoms with Gasteiger partial charge in [0, 0.05) is 11.7 Å². The van der Waals surface area contributed by atoms with Gasteiger partial charge >= 0.3 is 0 Å². The molecule has 0 radical (unpaired) electrons. The fourth-order valence-corrected chi connectivity index (χ4v) is 1.42. The van der Waals surface area contributed by atoms with Crippen LogP contribution in [0.5, 0.6) is 0 Å². The number of fused-ring (bicyclic) bond motifs is 1. The van der Waals surface area contributed by atoms with Crippen LogP contribution < -0.4 is 5.73 Å². The molecule has 0 bridgehead atoms. The number of halogens is 2. The molecule has 1 atom stereocenters. The molecule has 0 spiro atoms. The van der Waals surface area contributed by atoms with E-state index in [1.54, 1.807) is 24.4 Å². The first-order valence-electron chi connectivity index (χ1n) is 4.29. The van der Waals surface area contributed by atoms with E-state index in [1.807, 2.05) is 6.07 Å². The fourth-order valence-electron chi connectivity index (χ4n) is 1.42. The van der Waals surface area contributed by atoms with Gasteiger partial charge in [-0.2, -0.15) is 0 Å². The molecule has 0 fully saturated rings. The lowest BCUT2D eigenvalue weighted by atomic mass is 10.1. The minimum atomic E-state index is -2.52. The lowest BCUT2D eigenvalue weighted by Crippen LogP contribution is -2.18. The van der Waals surface area contributed by atoms with E-state index < -0.39 is 12.5 Å². The topological polar surface area (TPSA) is 41.8 Å². The van der Waals surface area contributed by atoms with E-state index in [9.17, 15) is 8.78 Å². The van der Waals surface area contributed by atoms with Crippen LogP contribution in [-0.4, -0.2) is 11.4 Å². The van der Waals surface area contributed by atoms with Crippen molar-refractivity contribution in [3.8, 4) is 0 Å². The molecule has 4 heteroatoms. The van der Waals surface area contributed by atoms with Gasteiger partial charge in [0.05, 0.1) is 6.04 Å². The van der Waals surface area contributed by atoms with Crippen LogP contribution in [0.2, 0.25) is 0 Å². The van der Waals surface area contributed by atoms with Crippen molar-refractivity contribution in [3.63, 3.8) is 0 Å². The smallest absolute Gasteiger partial charge is 0.257 e. The Hall–Kier alpha value is -1.42. The first-order valence-corrected chi connectivity index (χ1v) is 4.29. The molecule has 0 aliphatic heterocycles. The highest BCUT2D eigenvalue weighted by molar-refractivity contribution is 5.80. The zero-order chi connectivity index (χ0) is 10.1. The Morgan fingerprint density at radius 2 is 2.00 bits per heavy atom. The minimum Gasteiger partial charge on any atom is -0.361 e. The third kappa shape index (κ3) is 1.48. The number of benzene rings is 1. The van der Waals surface area contributed by atoms with Gasteiger partial charge in [0.2, 0.25) is 0 Å². The number of nitrogens with two attached hydrogens (primary N) is 1. The van der Waals surface area contributed by atoms with E-state index in [0.717, 1.165) is 10.9 Å². The van der Waals surface area contributed by atoms with Crippen molar-refractivity contribution in [3.05, 3.63) is 36.0 Å². The van der Waals surface area contributed by atoms with Crippen LogP contribution in [-0.2, 0) is 0 Å². The maximum atomic E-state index is 12.3. The average Bonchev–Trinajstić information content (AvgIpc) is 2.62. The minimum absolute atomic E-state index is 0.465. The van der Waals surface area contributed by atoms with Crippen molar-refractivity contribution >= 4 is 10.9 Å². The number of nitrogens with one attached hydrogen (secondary N) is 1. The van der Waals surface area contributed by atoms with Crippen molar-refractivity contribution < 1.29 is 8.78 Å². The second-order valence-electron chi connectivity index (χ2n) is 3.18. The molecular formula is C10H10F2N2. The zero-order valence-corrected chi connectivity index (χ0v) is 7.37. The Morgan fingerprint density at radius 1 is 1.21 bits per heavy atom. The molecule has 0 amide bonds. The van der Waals surface area contributed by atoms with Gasteiger partial charge in [-0.15, -0.1) is 0 Å². The Morgan fingerprint density at radius 3 is 2.71 bits per heavy atom. The number of hydrogen-bond acceptors (Lipinski definition) is 1. The molecule has 2 rings (SSSR count). The van der Waals surface area contributed by atoms with Gasteiger partial charge < -0.3 is 10.7 Å². The zero-order valence-electron chi connectivity index (χ0n) is 7.37. The van der Waals surface area contributed by atoms with E-state index in [1.165, 1.54) is 0 Å². The van der Waals surface area contributed by atoms with Crippen LogP contribution >= 0.6 is 0 Å². The number of hydrogen-bond donors (Lipinski definition) is 2. The molecule has 1 heterocycles. The summed E-state index contributed by atoms with van der Waals surface area (Å²) in [6, 6.07) is 5.69. The maximum Gasteiger partial charge on any atom is 0.257 e. The summed E-state index contributed by atoms with van der Waals surface area (Å²) in [7, 11) is 0. The normalized spacial score (nSPS) is 13.7. The van der Waals surface area contributed by atoms with Crippen LogP contribution in [0.4, 0.5) is 8.78 Å². The van der Waals surface area contributed by atoms with E-state index in [0.29, 0.717) is 5.56 Å². The standard InChI is InChI=1S/C10H10F2N2/c11-10(12)9(13)7-1-2-8-6(5-7)3-4-14-8/h1-5,9-10,14H,13H2/t9-/m0/s1. The van der Waals surface area contributed by atoms with E-state index >= 15 is 0 Å². The quantitative estimate of drug-likeness (QED) is 0.761. The van der Waals surface area contributed by atoms with E-state index in [2.05, 4.69) is 4.98 Å². The molecule has 14 heavy (non-hydrogen) atoms. The second-order valence-corrected chi connectivity index (χ2v) is 3.18. The number of H-pyrrole nitrogens is 1. The Labute approximate surface area is 79.7 Å². The third-order valence-corrected chi connectivity index (χ3v) is 2.23. The predicted octanol–water partition coefficient (Wildman–Crippen LogP) is 2.43. The van der Waals surface area contributed by atoms with Gasteiger partial charge in [-0.3, -0.25) is 0 Å². The van der Waals surface area contributed by atoms with Crippen LogP contribution in [0.1, 0.15) is 11.6 Å². The fraction of sp³-hybridized carbons (Fsp3) is 0.200. The van der Waals surface area contributed by atoms with E-state index in [-0.39, 0.29) is 0 Å². The molecule has 2 nitrogen and oxygen atoms in total. The van der Waals surface area contributed by atoms with Gasteiger partial charge in [0.1, 0.15) is 0 Å². The molecule has 74 valence electrons. The Bertz CT molecular complexity index is 436. The van der Waals surface area contributed by atoms with Gasteiger partial charge in [0.25, 0.3) is 6.43 Å². The molecule has 1 aromatic carbocycles. The van der Waals surface area contributed by atoms with E-state index in [4.69, 9.17) is 5.73 Å². The van der Waals surface area contributed by atoms with Crippen molar-refractivity contribution in [2.75, 3.05) is 0 Å². The monoisotopic (exact) mass is 196 g/mol. The lowest BCUT2D eigenvalue weighted by molar-refractivity contribution is 0.116. The van der Waals surface area contributed by atoms with Gasteiger partial charge in [0.15, 0.2) is 0 Å². The highest BCUT2D eigenvalue weighted by atomic mass is 19.3. The molecule has 0 aliphatic rings. The number of rotatable bonds is 2. The third-order valence-electron chi connectivity index (χ3n) is 2.23.